The van der Waals surface area contributed by atoms with Gasteiger partial charge in [-0.25, -0.2) is 9.36 Å². The Balaban J connectivity index is 2.26. The topological polar surface area (TPSA) is 158 Å². The van der Waals surface area contributed by atoms with E-state index in [1.54, 1.807) is 32.0 Å². The van der Waals surface area contributed by atoms with Crippen molar-refractivity contribution in [3.63, 3.8) is 0 Å². The Kier molecular flexibility index (Phi) is 12.0. The minimum Gasteiger partial charge on any atom is -0.462 e. The molecule has 0 bridgehead atoms. The number of alkyl halides is 2. The Hall–Kier alpha value is -1.99. The van der Waals surface area contributed by atoms with E-state index in [0.717, 1.165) is 16.2 Å². The van der Waals surface area contributed by atoms with E-state index in [2.05, 4.69) is 26.0 Å². The number of nitrogens with one attached hydrogen (secondary N) is 2. The molecule has 0 aliphatic rings. The maximum atomic E-state index is 13.7. The molecule has 3 N–H and O–H groups in total. The Bertz CT molecular complexity index is 1210. The number of aryl methyl sites for hydroxylation is 1. The predicted octanol–water partition coefficient (Wildman–Crippen LogP) is 2.81. The maximum absolute atomic E-state index is 13.7. The first-order valence-electron chi connectivity index (χ1n) is 11.2. The molecule has 2 rings (SSSR count). The largest absolute Gasteiger partial charge is 0.462 e. The molecule has 0 aliphatic heterocycles. The Morgan fingerprint density at radius 3 is 2.54 bits per heavy atom. The van der Waals surface area contributed by atoms with Crippen LogP contribution < -0.4 is 20.9 Å². The molecule has 0 spiro atoms. The molecule has 12 nitrogen and oxygen atoms in total. The standard InChI is InChI=1S/C22H30BrClN3O9P/c1-13(2)34-21(30)15(4)26-37(32,36-16-7-5-6-14(3)10-16)33-12-17(20(24)29)35-19(11-23)27-9-8-18(28)25-22(27)31/h5-10,13,15,17,19-20,29H,11-12H2,1-4H3,(H,26,32)(H,25,28,31)/t15-,17+,19+,20+,37?/m0/s1. The molecule has 1 aromatic carbocycles. The van der Waals surface area contributed by atoms with Crippen LogP contribution in [0.25, 0.3) is 0 Å². The molecule has 0 fully saturated rings. The van der Waals surface area contributed by atoms with Gasteiger partial charge in [0.05, 0.1) is 12.7 Å². The van der Waals surface area contributed by atoms with Crippen molar-refractivity contribution < 1.29 is 33.0 Å². The zero-order valence-corrected chi connectivity index (χ0v) is 23.9. The van der Waals surface area contributed by atoms with Crippen LogP contribution in [0, 0.1) is 6.92 Å². The number of aliphatic hydroxyl groups is 1. The van der Waals surface area contributed by atoms with Crippen molar-refractivity contribution in [3.05, 3.63) is 62.9 Å². The summed E-state index contributed by atoms with van der Waals surface area (Å²) in [6, 6.07) is 6.69. The van der Waals surface area contributed by atoms with Crippen molar-refractivity contribution in [1.29, 1.82) is 0 Å². The Morgan fingerprint density at radius 1 is 1.27 bits per heavy atom. The molecule has 15 heteroatoms. The molecular weight excluding hydrogens is 597 g/mol. The summed E-state index contributed by atoms with van der Waals surface area (Å²) in [6.45, 7) is 5.99. The Labute approximate surface area is 226 Å². The number of carbonyl (C=O) groups is 1. The number of hydrogen-bond donors (Lipinski definition) is 3. The molecule has 5 atom stereocenters. The second-order valence-electron chi connectivity index (χ2n) is 8.21. The average Bonchev–Trinajstić information content (AvgIpc) is 2.79. The maximum Gasteiger partial charge on any atom is 0.459 e. The second kappa shape index (κ2) is 14.2. The van der Waals surface area contributed by atoms with E-state index in [4.69, 9.17) is 30.1 Å². The van der Waals surface area contributed by atoms with Crippen molar-refractivity contribution in [3.8, 4) is 5.75 Å². The fraction of sp³-hybridized carbons (Fsp3) is 0.500. The summed E-state index contributed by atoms with van der Waals surface area (Å²) in [5.74, 6) is -0.490. The van der Waals surface area contributed by atoms with Crippen molar-refractivity contribution in [2.45, 2.75) is 57.7 Å². The van der Waals surface area contributed by atoms with Crippen LogP contribution in [-0.2, 0) is 23.4 Å². The molecule has 1 heterocycles. The predicted molar refractivity (Wildman–Crippen MR) is 140 cm³/mol. The molecule has 37 heavy (non-hydrogen) atoms. The van der Waals surface area contributed by atoms with Gasteiger partial charge in [-0.05, 0) is 45.4 Å². The lowest BCUT2D eigenvalue weighted by Gasteiger charge is -2.28. The first kappa shape index (κ1) is 31.2. The number of nitrogens with zero attached hydrogens (tertiary/aromatic N) is 1. The van der Waals surface area contributed by atoms with Crippen molar-refractivity contribution >= 4 is 41.2 Å². The van der Waals surface area contributed by atoms with E-state index in [1.165, 1.54) is 13.1 Å². The lowest BCUT2D eigenvalue weighted by molar-refractivity contribution is -0.149. The van der Waals surface area contributed by atoms with Crippen molar-refractivity contribution in [2.75, 3.05) is 11.9 Å². The smallest absolute Gasteiger partial charge is 0.459 e. The zero-order valence-electron chi connectivity index (χ0n) is 20.6. The quantitative estimate of drug-likeness (QED) is 0.162. The fourth-order valence-corrected chi connectivity index (χ4v) is 5.00. The van der Waals surface area contributed by atoms with Gasteiger partial charge in [-0.1, -0.05) is 39.7 Å². The van der Waals surface area contributed by atoms with Gasteiger partial charge in [0.15, 0.2) is 5.56 Å². The van der Waals surface area contributed by atoms with Crippen LogP contribution in [0.2, 0.25) is 0 Å². The number of H-pyrrole nitrogens is 1. The van der Waals surface area contributed by atoms with E-state index in [1.807, 2.05) is 13.0 Å². The molecule has 0 amide bonds. The third-order valence-electron chi connectivity index (χ3n) is 4.61. The summed E-state index contributed by atoms with van der Waals surface area (Å²) >= 11 is 9.09. The van der Waals surface area contributed by atoms with Gasteiger partial charge in [-0.3, -0.25) is 23.7 Å². The molecule has 1 aromatic heterocycles. The van der Waals surface area contributed by atoms with E-state index in [0.29, 0.717) is 0 Å². The number of rotatable bonds is 14. The first-order chi connectivity index (χ1) is 17.3. The highest BCUT2D eigenvalue weighted by molar-refractivity contribution is 9.09. The normalized spacial score (nSPS) is 16.4. The summed E-state index contributed by atoms with van der Waals surface area (Å²) in [4.78, 5) is 37.9. The number of carbonyl (C=O) groups excluding carboxylic acids is 1. The molecule has 2 aromatic rings. The zero-order chi connectivity index (χ0) is 27.8. The summed E-state index contributed by atoms with van der Waals surface area (Å²) in [7, 11) is -4.28. The SMILES string of the molecule is Cc1cccc(OP(=O)(N[C@@H](C)C(=O)OC(C)C)OC[C@@H](O[C@H](CBr)n2ccc(=O)[nH]c2=O)[C@@H](O)Cl)c1. The lowest BCUT2D eigenvalue weighted by atomic mass is 10.2. The van der Waals surface area contributed by atoms with Crippen LogP contribution in [0.15, 0.2) is 46.1 Å². The van der Waals surface area contributed by atoms with Gasteiger partial charge in [-0.2, -0.15) is 5.09 Å². The van der Waals surface area contributed by atoms with Gasteiger partial charge in [0.2, 0.25) is 0 Å². The summed E-state index contributed by atoms with van der Waals surface area (Å²) in [5, 5.41) is 12.7. The van der Waals surface area contributed by atoms with E-state index < -0.39 is 61.6 Å². The lowest BCUT2D eigenvalue weighted by Crippen LogP contribution is -2.40. The first-order valence-corrected chi connectivity index (χ1v) is 14.3. The van der Waals surface area contributed by atoms with Gasteiger partial charge < -0.3 is 19.1 Å². The number of esters is 1. The van der Waals surface area contributed by atoms with E-state index in [9.17, 15) is 24.1 Å². The number of ether oxygens (including phenoxy) is 2. The van der Waals surface area contributed by atoms with Crippen LogP contribution >= 0.6 is 35.3 Å². The van der Waals surface area contributed by atoms with Crippen molar-refractivity contribution in [1.82, 2.24) is 14.6 Å². The number of benzene rings is 1. The molecular formula is C22H30BrClN3O9P. The molecule has 0 aliphatic carbocycles. The van der Waals surface area contributed by atoms with E-state index in [-0.39, 0.29) is 11.1 Å². The number of halogens is 2. The average molecular weight is 627 g/mol. The minimum absolute atomic E-state index is 0.0623. The fourth-order valence-electron chi connectivity index (χ4n) is 2.91. The highest BCUT2D eigenvalue weighted by Gasteiger charge is 2.35. The molecule has 0 radical (unpaired) electrons. The van der Waals surface area contributed by atoms with Crippen LogP contribution in [0.5, 0.6) is 5.75 Å². The number of aromatic amines is 1. The second-order valence-corrected chi connectivity index (χ2v) is 11.0. The van der Waals surface area contributed by atoms with Gasteiger partial charge in [0.25, 0.3) is 5.56 Å². The third kappa shape index (κ3) is 10.0. The van der Waals surface area contributed by atoms with Gasteiger partial charge in [0, 0.05) is 17.6 Å². The monoisotopic (exact) mass is 625 g/mol. The number of aromatic nitrogens is 2. The number of aliphatic hydroxyl groups excluding tert-OH is 1. The summed E-state index contributed by atoms with van der Waals surface area (Å²) in [6.07, 6.45) is -1.55. The van der Waals surface area contributed by atoms with Crippen LogP contribution in [0.4, 0.5) is 0 Å². The highest BCUT2D eigenvalue weighted by Crippen LogP contribution is 2.45. The van der Waals surface area contributed by atoms with Crippen LogP contribution in [0.1, 0.15) is 32.6 Å². The van der Waals surface area contributed by atoms with E-state index >= 15 is 0 Å². The van der Waals surface area contributed by atoms with Gasteiger partial charge >= 0.3 is 19.4 Å². The van der Waals surface area contributed by atoms with Gasteiger partial charge in [-0.15, -0.1) is 0 Å². The van der Waals surface area contributed by atoms with Crippen LogP contribution in [0.3, 0.4) is 0 Å². The number of hydrogen-bond acceptors (Lipinski definition) is 9. The minimum atomic E-state index is -4.28. The highest BCUT2D eigenvalue weighted by atomic mass is 79.9. The molecule has 206 valence electrons. The summed E-state index contributed by atoms with van der Waals surface area (Å²) < 4.78 is 36.8. The molecule has 0 saturated heterocycles. The van der Waals surface area contributed by atoms with Crippen LogP contribution in [-0.4, -0.2) is 56.4 Å². The third-order valence-corrected chi connectivity index (χ3v) is 7.09. The van der Waals surface area contributed by atoms with Crippen molar-refractivity contribution in [2.24, 2.45) is 0 Å². The molecule has 1 unspecified atom stereocenters. The Morgan fingerprint density at radius 2 is 1.97 bits per heavy atom. The molecule has 0 saturated carbocycles. The summed E-state index contributed by atoms with van der Waals surface area (Å²) in [5.41, 5.74) is -2.19. The van der Waals surface area contributed by atoms with Gasteiger partial charge in [0.1, 0.15) is 24.1 Å².